The fourth-order valence-corrected chi connectivity index (χ4v) is 3.34. The van der Waals surface area contributed by atoms with Crippen molar-refractivity contribution in [3.8, 4) is 0 Å². The molecule has 1 aromatic rings. The summed E-state index contributed by atoms with van der Waals surface area (Å²) in [6.45, 7) is 6.10. The van der Waals surface area contributed by atoms with Crippen molar-refractivity contribution in [2.75, 3.05) is 20.3 Å². The first kappa shape index (κ1) is 18.4. The Labute approximate surface area is 152 Å². The largest absolute Gasteiger partial charge is 0.468 e. The highest BCUT2D eigenvalue weighted by Gasteiger charge is 2.34. The number of carbonyl (C=O) groups is 2. The van der Waals surface area contributed by atoms with E-state index in [0.717, 1.165) is 16.7 Å². The molecule has 0 spiro atoms. The zero-order valence-electron chi connectivity index (χ0n) is 14.9. The van der Waals surface area contributed by atoms with Crippen LogP contribution in [0.1, 0.15) is 23.1 Å². The molecular weight excluding hydrogens is 336 g/mol. The van der Waals surface area contributed by atoms with E-state index in [1.165, 1.54) is 7.11 Å². The third-order valence-electron chi connectivity index (χ3n) is 4.68. The lowest BCUT2D eigenvalue weighted by Crippen LogP contribution is -2.31. The van der Waals surface area contributed by atoms with Gasteiger partial charge in [0.05, 0.1) is 26.9 Å². The van der Waals surface area contributed by atoms with Gasteiger partial charge in [0.2, 0.25) is 0 Å². The van der Waals surface area contributed by atoms with Crippen molar-refractivity contribution in [1.82, 2.24) is 10.2 Å². The molecule has 1 N–H and O–H groups in total. The Balaban J connectivity index is 1.56. The SMILES string of the molecule is C=CCOCc1cccc2c1CN(C(=O)O[C@H]1CN[C@H](C(=O)OC)C1)C2. The summed E-state index contributed by atoms with van der Waals surface area (Å²) in [5.41, 5.74) is 3.30. The fraction of sp³-hybridized carbons (Fsp3) is 0.474. The minimum absolute atomic E-state index is 0.328. The minimum Gasteiger partial charge on any atom is -0.468 e. The lowest BCUT2D eigenvalue weighted by Gasteiger charge is -2.19. The van der Waals surface area contributed by atoms with E-state index < -0.39 is 6.04 Å². The Bertz CT molecular complexity index is 691. The molecule has 1 aromatic carbocycles. The van der Waals surface area contributed by atoms with Crippen molar-refractivity contribution >= 4 is 12.1 Å². The molecule has 1 amide bonds. The van der Waals surface area contributed by atoms with Crippen molar-refractivity contribution in [3.63, 3.8) is 0 Å². The highest BCUT2D eigenvalue weighted by molar-refractivity contribution is 5.76. The number of nitrogens with one attached hydrogen (secondary N) is 1. The highest BCUT2D eigenvalue weighted by Crippen LogP contribution is 2.27. The van der Waals surface area contributed by atoms with Gasteiger partial charge in [0.25, 0.3) is 0 Å². The van der Waals surface area contributed by atoms with Gasteiger partial charge in [0.15, 0.2) is 0 Å². The number of esters is 1. The van der Waals surface area contributed by atoms with Crippen LogP contribution in [-0.2, 0) is 38.7 Å². The van der Waals surface area contributed by atoms with Gasteiger partial charge < -0.3 is 19.5 Å². The van der Waals surface area contributed by atoms with Gasteiger partial charge in [-0.2, -0.15) is 0 Å². The number of fused-ring (bicyclic) bond motifs is 1. The summed E-state index contributed by atoms with van der Waals surface area (Å²) >= 11 is 0. The number of amides is 1. The Hall–Kier alpha value is -2.38. The van der Waals surface area contributed by atoms with Gasteiger partial charge in [-0.3, -0.25) is 9.69 Å². The van der Waals surface area contributed by atoms with E-state index in [-0.39, 0.29) is 18.2 Å². The molecule has 2 aliphatic rings. The second kappa shape index (κ2) is 8.33. The first-order valence-electron chi connectivity index (χ1n) is 8.67. The van der Waals surface area contributed by atoms with Crippen LogP contribution in [0.3, 0.4) is 0 Å². The van der Waals surface area contributed by atoms with Gasteiger partial charge in [0.1, 0.15) is 12.1 Å². The summed E-state index contributed by atoms with van der Waals surface area (Å²) in [7, 11) is 1.35. The van der Waals surface area contributed by atoms with Crippen LogP contribution < -0.4 is 5.32 Å². The van der Waals surface area contributed by atoms with Crippen molar-refractivity contribution in [2.45, 2.75) is 38.3 Å². The number of ether oxygens (including phenoxy) is 3. The van der Waals surface area contributed by atoms with E-state index in [1.807, 2.05) is 18.2 Å². The van der Waals surface area contributed by atoms with Gasteiger partial charge in [-0.05, 0) is 16.7 Å². The second-order valence-electron chi connectivity index (χ2n) is 6.44. The number of hydrogen-bond acceptors (Lipinski definition) is 6. The van der Waals surface area contributed by atoms with Gasteiger partial charge in [-0.1, -0.05) is 24.3 Å². The monoisotopic (exact) mass is 360 g/mol. The van der Waals surface area contributed by atoms with Crippen molar-refractivity contribution in [1.29, 1.82) is 0 Å². The van der Waals surface area contributed by atoms with Crippen molar-refractivity contribution < 1.29 is 23.8 Å². The number of carbonyl (C=O) groups excluding carboxylic acids is 2. The maximum absolute atomic E-state index is 12.5. The normalized spacial score (nSPS) is 21.3. The summed E-state index contributed by atoms with van der Waals surface area (Å²) in [6.07, 6.45) is 1.45. The molecule has 0 bridgehead atoms. The molecule has 7 nitrogen and oxygen atoms in total. The standard InChI is InChI=1S/C19H24N2O5/c1-3-7-25-12-14-6-4-5-13-10-21(11-16(13)14)19(23)26-15-8-17(20-9-15)18(22)24-2/h3-6,15,17,20H,1,7-12H2,2H3/t15-,17+/m1/s1. The van der Waals surface area contributed by atoms with Crippen molar-refractivity contribution in [2.24, 2.45) is 0 Å². The van der Waals surface area contributed by atoms with Gasteiger partial charge >= 0.3 is 12.1 Å². The zero-order chi connectivity index (χ0) is 18.5. The summed E-state index contributed by atoms with van der Waals surface area (Å²) in [6, 6.07) is 5.59. The molecule has 0 aromatic heterocycles. The molecule has 0 aliphatic carbocycles. The van der Waals surface area contributed by atoms with Crippen LogP contribution in [0, 0.1) is 0 Å². The average molecular weight is 360 g/mol. The number of methoxy groups -OCH3 is 1. The first-order chi connectivity index (χ1) is 12.6. The lowest BCUT2D eigenvalue weighted by atomic mass is 10.0. The number of benzene rings is 1. The third kappa shape index (κ3) is 4.05. The summed E-state index contributed by atoms with van der Waals surface area (Å²) in [5, 5.41) is 3.01. The second-order valence-corrected chi connectivity index (χ2v) is 6.44. The molecule has 2 atom stereocenters. The van der Waals surface area contributed by atoms with E-state index in [0.29, 0.717) is 39.3 Å². The zero-order valence-corrected chi connectivity index (χ0v) is 14.9. The van der Waals surface area contributed by atoms with E-state index in [4.69, 9.17) is 14.2 Å². The molecule has 0 radical (unpaired) electrons. The number of hydrogen-bond donors (Lipinski definition) is 1. The minimum atomic E-state index is -0.415. The van der Waals surface area contributed by atoms with Crippen LogP contribution in [0.25, 0.3) is 0 Å². The van der Waals surface area contributed by atoms with Crippen LogP contribution in [0.4, 0.5) is 4.79 Å². The van der Waals surface area contributed by atoms with Gasteiger partial charge in [-0.25, -0.2) is 4.79 Å². The van der Waals surface area contributed by atoms with E-state index in [1.54, 1.807) is 11.0 Å². The molecule has 1 fully saturated rings. The third-order valence-corrected chi connectivity index (χ3v) is 4.68. The Morgan fingerprint density at radius 3 is 3.00 bits per heavy atom. The van der Waals surface area contributed by atoms with Crippen LogP contribution in [-0.4, -0.2) is 49.4 Å². The Kier molecular flexibility index (Phi) is 5.90. The Morgan fingerprint density at radius 2 is 2.23 bits per heavy atom. The summed E-state index contributed by atoms with van der Waals surface area (Å²) in [4.78, 5) is 25.7. The van der Waals surface area contributed by atoms with Gasteiger partial charge in [0, 0.05) is 19.5 Å². The molecule has 0 saturated carbocycles. The average Bonchev–Trinajstić information content (AvgIpc) is 3.28. The predicted octanol–water partition coefficient (Wildman–Crippen LogP) is 1.74. The molecule has 140 valence electrons. The smallest absolute Gasteiger partial charge is 0.410 e. The molecule has 7 heteroatoms. The molecule has 0 unspecified atom stereocenters. The fourth-order valence-electron chi connectivity index (χ4n) is 3.34. The van der Waals surface area contributed by atoms with Crippen LogP contribution in [0.2, 0.25) is 0 Å². The van der Waals surface area contributed by atoms with Gasteiger partial charge in [-0.15, -0.1) is 6.58 Å². The summed E-state index contributed by atoms with van der Waals surface area (Å²) < 4.78 is 15.8. The first-order valence-corrected chi connectivity index (χ1v) is 8.67. The molecular formula is C19H24N2O5. The maximum atomic E-state index is 12.5. The van der Waals surface area contributed by atoms with Crippen LogP contribution in [0.15, 0.2) is 30.9 Å². The maximum Gasteiger partial charge on any atom is 0.410 e. The van der Waals surface area contributed by atoms with Crippen LogP contribution >= 0.6 is 0 Å². The van der Waals surface area contributed by atoms with E-state index in [9.17, 15) is 9.59 Å². The number of nitrogens with zero attached hydrogens (tertiary/aromatic N) is 1. The molecule has 2 heterocycles. The van der Waals surface area contributed by atoms with Crippen LogP contribution in [0.5, 0.6) is 0 Å². The van der Waals surface area contributed by atoms with Crippen molar-refractivity contribution in [3.05, 3.63) is 47.5 Å². The van der Waals surface area contributed by atoms with E-state index >= 15 is 0 Å². The number of rotatable bonds is 6. The lowest BCUT2D eigenvalue weighted by molar-refractivity contribution is -0.142. The quantitative estimate of drug-likeness (QED) is 0.473. The molecule has 1 saturated heterocycles. The molecule has 26 heavy (non-hydrogen) atoms. The molecule has 2 aliphatic heterocycles. The Morgan fingerprint density at radius 1 is 1.38 bits per heavy atom. The van der Waals surface area contributed by atoms with E-state index in [2.05, 4.69) is 11.9 Å². The topological polar surface area (TPSA) is 77.1 Å². The highest BCUT2D eigenvalue weighted by atomic mass is 16.6. The molecule has 3 rings (SSSR count). The predicted molar refractivity (Wildman–Crippen MR) is 94.2 cm³/mol. The summed E-state index contributed by atoms with van der Waals surface area (Å²) in [5.74, 6) is -0.332.